The summed E-state index contributed by atoms with van der Waals surface area (Å²) in [5.41, 5.74) is 2.12. The first-order chi connectivity index (χ1) is 28.6. The first kappa shape index (κ1) is 43.0. The fraction of sp³-hybridized carbons (Fsp3) is 0.349. The molecular weight excluding hydrogens is 819 g/mol. The molecule has 4 aromatic carbocycles. The average Bonchev–Trinajstić information content (AvgIpc) is 3.23. The van der Waals surface area contributed by atoms with Gasteiger partial charge >= 0.3 is 12.3 Å². The molecular formula is C43H43NO14S2. The maximum absolute atomic E-state index is 14.4. The maximum atomic E-state index is 14.4. The second-order valence-corrected chi connectivity index (χ2v) is 16.3. The number of Topliss-reactive ketones (excluding diaryl/α,β-unsaturated/α-hetero) is 1. The quantitative estimate of drug-likeness (QED) is 0.0462. The van der Waals surface area contributed by atoms with Crippen molar-refractivity contribution >= 4 is 46.8 Å². The number of ketones is 3. The van der Waals surface area contributed by atoms with Crippen LogP contribution in [-0.2, 0) is 30.2 Å². The zero-order valence-corrected chi connectivity index (χ0v) is 34.5. The fourth-order valence-electron chi connectivity index (χ4n) is 7.50. The Kier molecular flexibility index (Phi) is 12.5. The molecule has 3 aliphatic rings. The molecule has 316 valence electrons. The van der Waals surface area contributed by atoms with Gasteiger partial charge in [-0.15, -0.1) is 23.5 Å². The van der Waals surface area contributed by atoms with E-state index < -0.39 is 108 Å². The van der Waals surface area contributed by atoms with Crippen LogP contribution in [0.15, 0.2) is 76.5 Å². The molecule has 6 N–H and O–H groups in total. The highest BCUT2D eigenvalue weighted by Crippen LogP contribution is 2.52. The van der Waals surface area contributed by atoms with Crippen LogP contribution in [-0.4, -0.2) is 99.5 Å². The summed E-state index contributed by atoms with van der Waals surface area (Å²) in [6.45, 7) is 1.98. The van der Waals surface area contributed by atoms with Gasteiger partial charge in [0, 0.05) is 51.8 Å². The molecule has 4 unspecified atom stereocenters. The van der Waals surface area contributed by atoms with E-state index in [2.05, 4.69) is 0 Å². The monoisotopic (exact) mass is 861 g/mol. The van der Waals surface area contributed by atoms with Gasteiger partial charge in [-0.25, -0.2) is 4.79 Å². The van der Waals surface area contributed by atoms with Crippen molar-refractivity contribution in [1.82, 2.24) is 0 Å². The van der Waals surface area contributed by atoms with Gasteiger partial charge in [-0.1, -0.05) is 12.1 Å². The molecule has 2 aliphatic carbocycles. The van der Waals surface area contributed by atoms with Gasteiger partial charge in [0.2, 0.25) is 12.6 Å². The van der Waals surface area contributed by atoms with E-state index in [1.807, 2.05) is 36.8 Å². The number of fused-ring (bicyclic) bond motifs is 3. The summed E-state index contributed by atoms with van der Waals surface area (Å²) in [7, 11) is 0. The highest BCUT2D eigenvalue weighted by atomic mass is 32.2. The Balaban J connectivity index is 1.16. The number of carbonyl (C=O) groups is 4. The molecule has 0 saturated carbocycles. The molecule has 0 amide bonds. The highest BCUT2D eigenvalue weighted by Gasteiger charge is 2.49. The number of benzene rings is 4. The third-order valence-corrected chi connectivity index (χ3v) is 12.3. The van der Waals surface area contributed by atoms with Crippen molar-refractivity contribution in [3.05, 3.63) is 100 Å². The number of aliphatic hydroxyl groups excluding tert-OH is 1. The number of carbonyl (C=O) groups excluding carboxylic acids is 4. The second kappa shape index (κ2) is 17.5. The maximum Gasteiger partial charge on any atom is 0.392 e. The van der Waals surface area contributed by atoms with E-state index >= 15 is 0 Å². The lowest BCUT2D eigenvalue weighted by atomic mass is 9.72. The normalized spacial score (nSPS) is 23.3. The molecule has 0 radical (unpaired) electrons. The van der Waals surface area contributed by atoms with Gasteiger partial charge < -0.3 is 54.6 Å². The van der Waals surface area contributed by atoms with Gasteiger partial charge in [-0.05, 0) is 81.0 Å². The third-order valence-electron chi connectivity index (χ3n) is 10.8. The van der Waals surface area contributed by atoms with Crippen LogP contribution in [0.1, 0.15) is 75.8 Å². The van der Waals surface area contributed by atoms with Crippen molar-refractivity contribution in [3.63, 3.8) is 0 Å². The van der Waals surface area contributed by atoms with Gasteiger partial charge in [-0.2, -0.15) is 0 Å². The van der Waals surface area contributed by atoms with Crippen LogP contribution < -0.4 is 19.9 Å². The number of hydrogen-bond acceptors (Lipinski definition) is 17. The van der Waals surface area contributed by atoms with Crippen LogP contribution in [0.5, 0.6) is 28.7 Å². The van der Waals surface area contributed by atoms with Crippen LogP contribution >= 0.6 is 23.5 Å². The van der Waals surface area contributed by atoms with Crippen LogP contribution in [0.25, 0.3) is 0 Å². The number of phenolic OH excluding ortho intramolecular Hbond substituents is 2. The molecule has 1 saturated heterocycles. The molecule has 4 aromatic rings. The number of nitrogens with two attached hydrogens (primary N) is 1. The number of hydrogen-bond donors (Lipinski definition) is 5. The van der Waals surface area contributed by atoms with Crippen LogP contribution in [0.3, 0.4) is 0 Å². The van der Waals surface area contributed by atoms with Crippen molar-refractivity contribution in [2.24, 2.45) is 5.73 Å². The molecule has 17 heteroatoms. The van der Waals surface area contributed by atoms with Crippen LogP contribution in [0.4, 0.5) is 0 Å². The summed E-state index contributed by atoms with van der Waals surface area (Å²) < 4.78 is 34.9. The van der Waals surface area contributed by atoms with Crippen LogP contribution in [0, 0.1) is 0 Å². The largest absolute Gasteiger partial charge is 0.507 e. The summed E-state index contributed by atoms with van der Waals surface area (Å²) in [4.78, 5) is 56.7. The molecule has 7 rings (SSSR count). The van der Waals surface area contributed by atoms with Crippen molar-refractivity contribution in [2.45, 2.75) is 85.4 Å². The smallest absolute Gasteiger partial charge is 0.392 e. The van der Waals surface area contributed by atoms with Crippen molar-refractivity contribution in [3.8, 4) is 28.7 Å². The van der Waals surface area contributed by atoms with Gasteiger partial charge in [0.05, 0.1) is 35.0 Å². The van der Waals surface area contributed by atoms with Crippen molar-refractivity contribution < 1.29 is 68.0 Å². The van der Waals surface area contributed by atoms with E-state index in [1.54, 1.807) is 31.2 Å². The molecule has 1 aliphatic heterocycles. The Bertz CT molecular complexity index is 2260. The van der Waals surface area contributed by atoms with Gasteiger partial charge in [0.25, 0.3) is 0 Å². The third kappa shape index (κ3) is 8.30. The average molecular weight is 862 g/mol. The number of ether oxygens (including phenoxy) is 6. The zero-order chi connectivity index (χ0) is 43.0. The molecule has 0 bridgehead atoms. The predicted molar refractivity (Wildman–Crippen MR) is 217 cm³/mol. The van der Waals surface area contributed by atoms with Gasteiger partial charge in [0.1, 0.15) is 34.3 Å². The molecule has 0 aromatic heterocycles. The van der Waals surface area contributed by atoms with Crippen molar-refractivity contribution in [2.75, 3.05) is 19.3 Å². The van der Waals surface area contributed by atoms with E-state index in [9.17, 15) is 39.6 Å². The standard InChI is InChI=1S/C43H43NO14S2/c1-20-36(46)28(44)16-31(55-20)58-30-18-43(52,21(2)45)17-27-33(30)40(50)35-34(38(27)48)37(47)26-6-5-7-29(32(26)39(35)49)53-19-54-41(51)42(56-22-8-12-24(59-3)13-9-22)57-23-10-14-25(60-4)15-11-23/h5-15,20,28,30-31,36,42,46,48,50,52H,16-19,44H2,1-4H3/t20?,28?,30-,31?,36?,43-/m0/s1. The van der Waals surface area contributed by atoms with E-state index in [1.165, 1.54) is 41.7 Å². The van der Waals surface area contributed by atoms with Gasteiger partial charge in [0.15, 0.2) is 17.9 Å². The Morgan fingerprint density at radius 1 is 0.900 bits per heavy atom. The molecule has 15 nitrogen and oxygen atoms in total. The van der Waals surface area contributed by atoms with E-state index in [0.717, 1.165) is 16.7 Å². The number of aliphatic hydroxyl groups is 2. The van der Waals surface area contributed by atoms with Crippen molar-refractivity contribution in [1.29, 1.82) is 0 Å². The summed E-state index contributed by atoms with van der Waals surface area (Å²) in [5.74, 6) is -4.41. The van der Waals surface area contributed by atoms with E-state index in [-0.39, 0.29) is 34.4 Å². The molecule has 1 heterocycles. The molecule has 0 spiro atoms. The summed E-state index contributed by atoms with van der Waals surface area (Å²) in [6.07, 6.45) is -2.85. The number of esters is 1. The van der Waals surface area contributed by atoms with E-state index in [4.69, 9.17) is 34.2 Å². The number of rotatable bonds is 13. The summed E-state index contributed by atoms with van der Waals surface area (Å²) >= 11 is 3.06. The number of aromatic hydroxyl groups is 2. The lowest BCUT2D eigenvalue weighted by Crippen LogP contribution is -2.52. The SMILES string of the molecule is CSc1ccc(OC(Oc2ccc(SC)cc2)C(=O)OCOc2cccc3c2C(=O)c2c(O)c4c(c(O)c2C3=O)C[C@@](O)(C(C)=O)C[C@@H]4OC2CC(N)C(O)C(C)O2)cc1. The summed E-state index contributed by atoms with van der Waals surface area (Å²) in [5, 5.41) is 45.4. The Morgan fingerprint density at radius 2 is 1.50 bits per heavy atom. The van der Waals surface area contributed by atoms with Gasteiger partial charge in [-0.3, -0.25) is 14.4 Å². The highest BCUT2D eigenvalue weighted by molar-refractivity contribution is 7.98. The van der Waals surface area contributed by atoms with Crippen LogP contribution in [0.2, 0.25) is 0 Å². The first-order valence-corrected chi connectivity index (χ1v) is 21.3. The minimum absolute atomic E-state index is 0.000823. The Hall–Kier alpha value is -5.14. The second-order valence-electron chi connectivity index (χ2n) is 14.6. The minimum atomic E-state index is -2.09. The minimum Gasteiger partial charge on any atom is -0.507 e. The zero-order valence-electron chi connectivity index (χ0n) is 32.9. The lowest BCUT2D eigenvalue weighted by molar-refractivity contribution is -0.247. The fourth-order valence-corrected chi connectivity index (χ4v) is 8.32. The molecule has 6 atom stereocenters. The lowest BCUT2D eigenvalue weighted by Gasteiger charge is -2.42. The Labute approximate surface area is 353 Å². The number of thioether (sulfide) groups is 2. The predicted octanol–water partition coefficient (Wildman–Crippen LogP) is 4.83. The van der Waals surface area contributed by atoms with E-state index in [0.29, 0.717) is 11.5 Å². The first-order valence-electron chi connectivity index (χ1n) is 18.9. The summed E-state index contributed by atoms with van der Waals surface area (Å²) in [6, 6.07) is 17.3. The topological polar surface area (TPSA) is 231 Å². The molecule has 1 fully saturated rings. The Morgan fingerprint density at radius 3 is 2.07 bits per heavy atom. The number of phenols is 2. The molecule has 60 heavy (non-hydrogen) atoms.